The topological polar surface area (TPSA) is 64.2 Å². The van der Waals surface area contributed by atoms with Gasteiger partial charge >= 0.3 is 6.18 Å². The van der Waals surface area contributed by atoms with E-state index in [-0.39, 0.29) is 0 Å². The number of aliphatic hydroxyl groups excluding tert-OH is 2. The van der Waals surface area contributed by atoms with Gasteiger partial charge in [-0.1, -0.05) is 0 Å². The molecule has 0 aliphatic rings. The first kappa shape index (κ1) is 14.4. The van der Waals surface area contributed by atoms with E-state index in [0.717, 1.165) is 0 Å². The Kier molecular flexibility index (Phi) is 4.27. The molecular weight excluding hydrogens is 254 g/mol. The predicted octanol–water partition coefficient (Wildman–Crippen LogP) is 2.15. The van der Waals surface area contributed by atoms with Gasteiger partial charge in [-0.2, -0.15) is 18.4 Å². The SMILES string of the molecule is N#CCC(O)C(O)c1cc(F)ccc1C(F)(F)F. The Morgan fingerprint density at radius 2 is 1.89 bits per heavy atom. The van der Waals surface area contributed by atoms with E-state index in [1.807, 2.05) is 0 Å². The zero-order valence-electron chi connectivity index (χ0n) is 8.95. The fraction of sp³-hybridized carbons (Fsp3) is 0.364. The predicted molar refractivity (Wildman–Crippen MR) is 52.6 cm³/mol. The number of hydrogen-bond acceptors (Lipinski definition) is 3. The minimum absolute atomic E-state index is 0.479. The van der Waals surface area contributed by atoms with Crippen molar-refractivity contribution >= 4 is 0 Å². The van der Waals surface area contributed by atoms with Crippen molar-refractivity contribution in [3.05, 3.63) is 35.1 Å². The lowest BCUT2D eigenvalue weighted by molar-refractivity contribution is -0.139. The van der Waals surface area contributed by atoms with Crippen LogP contribution < -0.4 is 0 Å². The van der Waals surface area contributed by atoms with Gasteiger partial charge in [0.2, 0.25) is 0 Å². The van der Waals surface area contributed by atoms with Crippen LogP contribution in [0, 0.1) is 17.1 Å². The molecule has 0 aliphatic carbocycles. The van der Waals surface area contributed by atoms with Crippen LogP contribution in [0.4, 0.5) is 17.6 Å². The number of alkyl halides is 3. The molecule has 0 aromatic heterocycles. The molecule has 0 bridgehead atoms. The van der Waals surface area contributed by atoms with Crippen LogP contribution in [0.5, 0.6) is 0 Å². The molecule has 0 spiro atoms. The van der Waals surface area contributed by atoms with E-state index < -0.39 is 41.7 Å². The van der Waals surface area contributed by atoms with Crippen molar-refractivity contribution in [3.8, 4) is 6.07 Å². The molecule has 98 valence electrons. The molecule has 1 aromatic carbocycles. The summed E-state index contributed by atoms with van der Waals surface area (Å²) in [4.78, 5) is 0. The molecule has 3 nitrogen and oxygen atoms in total. The van der Waals surface area contributed by atoms with Crippen molar-refractivity contribution < 1.29 is 27.8 Å². The first-order valence-corrected chi connectivity index (χ1v) is 4.87. The monoisotopic (exact) mass is 263 g/mol. The average molecular weight is 263 g/mol. The van der Waals surface area contributed by atoms with Gasteiger partial charge in [-0.25, -0.2) is 4.39 Å². The maximum atomic E-state index is 12.9. The highest BCUT2D eigenvalue weighted by Crippen LogP contribution is 2.36. The largest absolute Gasteiger partial charge is 0.416 e. The highest BCUT2D eigenvalue weighted by atomic mass is 19.4. The Labute approximate surface area is 99.9 Å². The Morgan fingerprint density at radius 1 is 1.28 bits per heavy atom. The molecule has 1 rings (SSSR count). The van der Waals surface area contributed by atoms with Crippen LogP contribution in [-0.4, -0.2) is 16.3 Å². The van der Waals surface area contributed by atoms with Gasteiger partial charge in [0.05, 0.1) is 24.2 Å². The molecule has 7 heteroatoms. The van der Waals surface area contributed by atoms with Crippen LogP contribution in [0.15, 0.2) is 18.2 Å². The zero-order valence-corrected chi connectivity index (χ0v) is 8.95. The molecule has 0 fully saturated rings. The number of benzene rings is 1. The van der Waals surface area contributed by atoms with Crippen molar-refractivity contribution in [2.75, 3.05) is 0 Å². The second kappa shape index (κ2) is 5.33. The second-order valence-corrected chi connectivity index (χ2v) is 3.60. The highest BCUT2D eigenvalue weighted by Gasteiger charge is 2.36. The van der Waals surface area contributed by atoms with Gasteiger partial charge in [0.15, 0.2) is 0 Å². The molecule has 0 amide bonds. The van der Waals surface area contributed by atoms with Gasteiger partial charge in [0, 0.05) is 0 Å². The number of nitrogens with zero attached hydrogens (tertiary/aromatic N) is 1. The van der Waals surface area contributed by atoms with Crippen molar-refractivity contribution in [1.29, 1.82) is 5.26 Å². The lowest BCUT2D eigenvalue weighted by Gasteiger charge is -2.20. The summed E-state index contributed by atoms with van der Waals surface area (Å²) in [5.74, 6) is -0.971. The molecule has 0 saturated carbocycles. The van der Waals surface area contributed by atoms with Crippen LogP contribution in [0.3, 0.4) is 0 Å². The summed E-state index contributed by atoms with van der Waals surface area (Å²) in [6.45, 7) is 0. The van der Waals surface area contributed by atoms with Gasteiger partial charge in [0.25, 0.3) is 0 Å². The van der Waals surface area contributed by atoms with Crippen LogP contribution in [0.2, 0.25) is 0 Å². The smallest absolute Gasteiger partial charge is 0.389 e. The Bertz CT molecular complexity index is 467. The zero-order chi connectivity index (χ0) is 13.9. The van der Waals surface area contributed by atoms with Crippen LogP contribution >= 0.6 is 0 Å². The quantitative estimate of drug-likeness (QED) is 0.821. The molecule has 1 aromatic rings. The van der Waals surface area contributed by atoms with E-state index in [0.29, 0.717) is 18.2 Å². The van der Waals surface area contributed by atoms with Gasteiger partial charge < -0.3 is 10.2 Å². The first-order valence-electron chi connectivity index (χ1n) is 4.87. The summed E-state index contributed by atoms with van der Waals surface area (Å²) in [5, 5.41) is 27.1. The van der Waals surface area contributed by atoms with Crippen molar-refractivity contribution in [3.63, 3.8) is 0 Å². The maximum Gasteiger partial charge on any atom is 0.416 e. The third-order valence-corrected chi connectivity index (χ3v) is 2.30. The third kappa shape index (κ3) is 3.18. The third-order valence-electron chi connectivity index (χ3n) is 2.30. The van der Waals surface area contributed by atoms with Crippen LogP contribution in [0.25, 0.3) is 0 Å². The highest BCUT2D eigenvalue weighted by molar-refractivity contribution is 5.33. The van der Waals surface area contributed by atoms with Crippen LogP contribution in [-0.2, 0) is 6.18 Å². The fourth-order valence-corrected chi connectivity index (χ4v) is 1.45. The van der Waals surface area contributed by atoms with E-state index >= 15 is 0 Å². The fourth-order valence-electron chi connectivity index (χ4n) is 1.45. The summed E-state index contributed by atoms with van der Waals surface area (Å²) < 4.78 is 50.7. The number of rotatable bonds is 3. The minimum atomic E-state index is -4.78. The molecule has 0 radical (unpaired) electrons. The summed E-state index contributed by atoms with van der Waals surface area (Å²) in [7, 11) is 0. The summed E-state index contributed by atoms with van der Waals surface area (Å²) >= 11 is 0. The number of halogens is 4. The summed E-state index contributed by atoms with van der Waals surface area (Å²) in [6.07, 6.45) is -9.03. The van der Waals surface area contributed by atoms with Gasteiger partial charge in [0.1, 0.15) is 11.9 Å². The molecule has 2 atom stereocenters. The summed E-state index contributed by atoms with van der Waals surface area (Å²) in [6, 6.07) is 3.09. The van der Waals surface area contributed by atoms with E-state index in [9.17, 15) is 27.8 Å². The van der Waals surface area contributed by atoms with Crippen LogP contribution in [0.1, 0.15) is 23.7 Å². The Balaban J connectivity index is 3.22. The Hall–Kier alpha value is -1.65. The lowest BCUT2D eigenvalue weighted by Crippen LogP contribution is -2.21. The van der Waals surface area contributed by atoms with E-state index in [4.69, 9.17) is 5.26 Å². The van der Waals surface area contributed by atoms with Gasteiger partial charge in [-0.05, 0) is 23.8 Å². The van der Waals surface area contributed by atoms with E-state index in [2.05, 4.69) is 0 Å². The van der Waals surface area contributed by atoms with Crippen molar-refractivity contribution in [2.45, 2.75) is 24.8 Å². The molecule has 2 N–H and O–H groups in total. The van der Waals surface area contributed by atoms with E-state index in [1.54, 1.807) is 0 Å². The minimum Gasteiger partial charge on any atom is -0.389 e. The average Bonchev–Trinajstić information content (AvgIpc) is 2.26. The molecule has 18 heavy (non-hydrogen) atoms. The molecule has 0 saturated heterocycles. The maximum absolute atomic E-state index is 12.9. The van der Waals surface area contributed by atoms with E-state index in [1.165, 1.54) is 6.07 Å². The molecule has 0 aliphatic heterocycles. The number of hydrogen-bond donors (Lipinski definition) is 2. The molecule has 2 unspecified atom stereocenters. The number of aliphatic hydroxyl groups is 2. The number of nitriles is 1. The molecular formula is C11H9F4NO2. The molecule has 0 heterocycles. The van der Waals surface area contributed by atoms with Crippen molar-refractivity contribution in [1.82, 2.24) is 0 Å². The second-order valence-electron chi connectivity index (χ2n) is 3.60. The van der Waals surface area contributed by atoms with Crippen molar-refractivity contribution in [2.24, 2.45) is 0 Å². The normalized spacial score (nSPS) is 14.9. The lowest BCUT2D eigenvalue weighted by atomic mass is 9.97. The Morgan fingerprint density at radius 3 is 2.39 bits per heavy atom. The summed E-state index contributed by atoms with van der Waals surface area (Å²) in [5.41, 5.74) is -2.03. The van der Waals surface area contributed by atoms with Gasteiger partial charge in [-0.3, -0.25) is 0 Å². The first-order chi connectivity index (χ1) is 8.27. The standard InChI is InChI=1S/C11H9F4NO2/c12-6-1-2-8(11(13,14)15)7(5-6)10(18)9(17)3-4-16/h1-2,5,9-10,17-18H,3H2. The van der Waals surface area contributed by atoms with Gasteiger partial charge in [-0.15, -0.1) is 0 Å².